The molecule has 0 saturated carbocycles. The van der Waals surface area contributed by atoms with Crippen LogP contribution >= 0.6 is 0 Å². The third-order valence-electron chi connectivity index (χ3n) is 1.40. The molecule has 0 rings (SSSR count). The molecule has 0 N–H and O–H groups in total. The van der Waals surface area contributed by atoms with Gasteiger partial charge in [-0.25, -0.2) is 4.79 Å². The van der Waals surface area contributed by atoms with Gasteiger partial charge in [0.05, 0.1) is 0 Å². The number of carbonyl (C=O) groups excluding carboxylic acids is 2. The van der Waals surface area contributed by atoms with Crippen molar-refractivity contribution in [1.29, 1.82) is 0 Å². The van der Waals surface area contributed by atoms with Gasteiger partial charge < -0.3 is 9.47 Å². The van der Waals surface area contributed by atoms with Gasteiger partial charge in [0, 0.05) is 13.5 Å². The second-order valence-electron chi connectivity index (χ2n) is 2.41. The summed E-state index contributed by atoms with van der Waals surface area (Å²) < 4.78 is 55.9. The number of alkyl halides is 4. The number of rotatable bonds is 3. The van der Waals surface area contributed by atoms with E-state index in [0.29, 0.717) is 7.11 Å². The molecule has 4 nitrogen and oxygen atoms in total. The Labute approximate surface area is 82.1 Å². The number of carbonyl (C=O) groups is 2. The van der Waals surface area contributed by atoms with Gasteiger partial charge in [0.15, 0.2) is 0 Å². The summed E-state index contributed by atoms with van der Waals surface area (Å²) in [5, 5.41) is 0. The molecule has 0 spiro atoms. The second kappa shape index (κ2) is 4.56. The van der Waals surface area contributed by atoms with Crippen molar-refractivity contribution in [3.8, 4) is 0 Å². The summed E-state index contributed by atoms with van der Waals surface area (Å²) in [6.07, 6.45) is -5.96. The first-order valence-corrected chi connectivity index (χ1v) is 3.75. The largest absolute Gasteiger partial charge is 0.460 e. The quantitative estimate of drug-likeness (QED) is 0.418. The molecule has 8 heteroatoms. The Morgan fingerprint density at radius 2 is 1.67 bits per heavy atom. The smallest absolute Gasteiger partial charge is 0.389 e. The van der Waals surface area contributed by atoms with Crippen LogP contribution in [0.5, 0.6) is 0 Å². The number of esters is 2. The van der Waals surface area contributed by atoms with Crippen LogP contribution in [-0.4, -0.2) is 31.1 Å². The predicted octanol–water partition coefficient (Wildman–Crippen LogP) is 1.34. The molecule has 0 aliphatic heterocycles. The third kappa shape index (κ3) is 2.88. The van der Waals surface area contributed by atoms with Crippen molar-refractivity contribution in [3.63, 3.8) is 0 Å². The van der Waals surface area contributed by atoms with Gasteiger partial charge in [0.25, 0.3) is 0 Å². The van der Waals surface area contributed by atoms with Crippen LogP contribution in [0.4, 0.5) is 17.6 Å². The standard InChI is InChI=1S/C7H8F4O4/c1-3-4(12)15-5(13)6(8,14-2)7(9,10)11/h3H2,1-2H3. The number of methoxy groups -OCH3 is 1. The highest BCUT2D eigenvalue weighted by molar-refractivity contribution is 5.89. The van der Waals surface area contributed by atoms with Gasteiger partial charge in [-0.2, -0.15) is 17.6 Å². The monoisotopic (exact) mass is 232 g/mol. The van der Waals surface area contributed by atoms with E-state index in [9.17, 15) is 27.2 Å². The molecule has 1 unspecified atom stereocenters. The molecule has 0 radical (unpaired) electrons. The maximum atomic E-state index is 12.9. The summed E-state index contributed by atoms with van der Waals surface area (Å²) in [4.78, 5) is 21.1. The molecule has 0 amide bonds. The Hall–Kier alpha value is -1.18. The molecular formula is C7H8F4O4. The number of ether oxygens (including phenoxy) is 2. The lowest BCUT2D eigenvalue weighted by atomic mass is 10.3. The molecule has 1 atom stereocenters. The topological polar surface area (TPSA) is 52.6 Å². The minimum absolute atomic E-state index is 0.338. The van der Waals surface area contributed by atoms with E-state index in [1.165, 1.54) is 6.92 Å². The first-order valence-electron chi connectivity index (χ1n) is 3.75. The first-order chi connectivity index (χ1) is 6.69. The molecule has 0 bridgehead atoms. The van der Waals surface area contributed by atoms with Crippen LogP contribution in [0.3, 0.4) is 0 Å². The van der Waals surface area contributed by atoms with Crippen molar-refractivity contribution in [2.75, 3.05) is 7.11 Å². The number of halogens is 4. The van der Waals surface area contributed by atoms with E-state index in [4.69, 9.17) is 0 Å². The number of hydrogen-bond acceptors (Lipinski definition) is 4. The lowest BCUT2D eigenvalue weighted by Crippen LogP contribution is -2.51. The van der Waals surface area contributed by atoms with Crippen molar-refractivity contribution in [3.05, 3.63) is 0 Å². The van der Waals surface area contributed by atoms with Gasteiger partial charge in [-0.1, -0.05) is 6.92 Å². The normalized spacial score (nSPS) is 15.6. The van der Waals surface area contributed by atoms with Crippen molar-refractivity contribution in [2.45, 2.75) is 25.4 Å². The zero-order valence-corrected chi connectivity index (χ0v) is 7.85. The maximum Gasteiger partial charge on any atom is 0.460 e. The minimum atomic E-state index is -5.60. The van der Waals surface area contributed by atoms with E-state index < -0.39 is 24.0 Å². The van der Waals surface area contributed by atoms with Crippen LogP contribution in [0.1, 0.15) is 13.3 Å². The van der Waals surface area contributed by atoms with Gasteiger partial charge >= 0.3 is 24.0 Å². The van der Waals surface area contributed by atoms with Crippen molar-refractivity contribution >= 4 is 11.9 Å². The molecular weight excluding hydrogens is 224 g/mol. The Morgan fingerprint density at radius 3 is 1.93 bits per heavy atom. The SMILES string of the molecule is CCC(=O)OC(=O)C(F)(OC)C(F)(F)F. The van der Waals surface area contributed by atoms with Gasteiger partial charge in [-0.05, 0) is 0 Å². The average Bonchev–Trinajstić information content (AvgIpc) is 2.14. The molecule has 88 valence electrons. The van der Waals surface area contributed by atoms with E-state index in [2.05, 4.69) is 9.47 Å². The molecule has 0 aliphatic rings. The summed E-state index contributed by atoms with van der Waals surface area (Å²) in [6.45, 7) is 1.23. The van der Waals surface area contributed by atoms with Gasteiger partial charge in [0.1, 0.15) is 0 Å². The number of hydrogen-bond donors (Lipinski definition) is 0. The fourth-order valence-electron chi connectivity index (χ4n) is 0.556. The van der Waals surface area contributed by atoms with Crippen molar-refractivity contribution in [1.82, 2.24) is 0 Å². The van der Waals surface area contributed by atoms with Gasteiger partial charge in [0.2, 0.25) is 0 Å². The first kappa shape index (κ1) is 13.8. The van der Waals surface area contributed by atoms with E-state index >= 15 is 0 Å². The fraction of sp³-hybridized carbons (Fsp3) is 0.714. The van der Waals surface area contributed by atoms with Gasteiger partial charge in [-0.3, -0.25) is 4.79 Å². The summed E-state index contributed by atoms with van der Waals surface area (Å²) in [5.74, 6) is -8.31. The average molecular weight is 232 g/mol. The molecule has 0 fully saturated rings. The summed E-state index contributed by atoms with van der Waals surface area (Å²) >= 11 is 0. The summed E-state index contributed by atoms with van der Waals surface area (Å²) in [6, 6.07) is 0. The molecule has 15 heavy (non-hydrogen) atoms. The molecule has 0 aromatic heterocycles. The van der Waals surface area contributed by atoms with E-state index in [-0.39, 0.29) is 6.42 Å². The lowest BCUT2D eigenvalue weighted by Gasteiger charge is -2.22. The fourth-order valence-corrected chi connectivity index (χ4v) is 0.556. The van der Waals surface area contributed by atoms with Crippen LogP contribution in [0.15, 0.2) is 0 Å². The Bertz CT molecular complexity index is 262. The molecule has 0 aromatic carbocycles. The highest BCUT2D eigenvalue weighted by atomic mass is 19.4. The second-order valence-corrected chi connectivity index (χ2v) is 2.41. The highest BCUT2D eigenvalue weighted by Crippen LogP contribution is 2.35. The minimum Gasteiger partial charge on any atom is -0.389 e. The van der Waals surface area contributed by atoms with E-state index in [1.807, 2.05) is 0 Å². The lowest BCUT2D eigenvalue weighted by molar-refractivity contribution is -0.315. The van der Waals surface area contributed by atoms with E-state index in [0.717, 1.165) is 0 Å². The van der Waals surface area contributed by atoms with Gasteiger partial charge in [-0.15, -0.1) is 0 Å². The van der Waals surface area contributed by atoms with Crippen LogP contribution in [0.2, 0.25) is 0 Å². The van der Waals surface area contributed by atoms with E-state index in [1.54, 1.807) is 0 Å². The Morgan fingerprint density at radius 1 is 1.20 bits per heavy atom. The maximum absolute atomic E-state index is 12.9. The van der Waals surface area contributed by atoms with Crippen LogP contribution in [-0.2, 0) is 19.1 Å². The Kier molecular flexibility index (Phi) is 4.20. The van der Waals surface area contributed by atoms with Crippen LogP contribution < -0.4 is 0 Å². The van der Waals surface area contributed by atoms with Crippen LogP contribution in [0, 0.1) is 0 Å². The molecule has 0 aliphatic carbocycles. The van der Waals surface area contributed by atoms with Crippen molar-refractivity contribution in [2.24, 2.45) is 0 Å². The van der Waals surface area contributed by atoms with Crippen molar-refractivity contribution < 1.29 is 36.6 Å². The molecule has 0 saturated heterocycles. The van der Waals surface area contributed by atoms with Crippen LogP contribution in [0.25, 0.3) is 0 Å². The third-order valence-corrected chi connectivity index (χ3v) is 1.40. The molecule has 0 heterocycles. The zero-order chi connectivity index (χ0) is 12.3. The Balaban J connectivity index is 4.83. The summed E-state index contributed by atoms with van der Waals surface area (Å²) in [7, 11) is 0.338. The summed E-state index contributed by atoms with van der Waals surface area (Å²) in [5.41, 5.74) is 0. The molecule has 0 aromatic rings. The zero-order valence-electron chi connectivity index (χ0n) is 7.85. The highest BCUT2D eigenvalue weighted by Gasteiger charge is 2.65. The predicted molar refractivity (Wildman–Crippen MR) is 38.3 cm³/mol.